The Bertz CT molecular complexity index is 59.7. The van der Waals surface area contributed by atoms with E-state index in [4.69, 9.17) is 19.2 Å². The van der Waals surface area contributed by atoms with Crippen LogP contribution in [0.1, 0.15) is 0 Å². The molecule has 0 aromatic carbocycles. The first-order valence-corrected chi connectivity index (χ1v) is 2.19. The molecule has 0 bridgehead atoms. The van der Waals surface area contributed by atoms with Crippen LogP contribution in [0.25, 0.3) is 0 Å². The van der Waals surface area contributed by atoms with E-state index in [1.54, 1.807) is 0 Å². The van der Waals surface area contributed by atoms with Gasteiger partial charge in [-0.25, -0.2) is 0 Å². The first kappa shape index (κ1) is 43.8. The molecular formula is H3AlFeO7P. The van der Waals surface area contributed by atoms with Crippen molar-refractivity contribution in [2.24, 2.45) is 0 Å². The van der Waals surface area contributed by atoms with Crippen molar-refractivity contribution >= 4 is 25.2 Å². The van der Waals surface area contributed by atoms with Gasteiger partial charge < -0.3 is 35.7 Å². The summed E-state index contributed by atoms with van der Waals surface area (Å²) in [6.07, 6.45) is 0. The van der Waals surface area contributed by atoms with Gasteiger partial charge >= 0.3 is 34.4 Å². The molecule has 0 aromatic heterocycles. The Morgan fingerprint density at radius 3 is 1.10 bits per heavy atom. The van der Waals surface area contributed by atoms with Crippen molar-refractivity contribution in [2.45, 2.75) is 0 Å². The summed E-state index contributed by atoms with van der Waals surface area (Å²) in [5.41, 5.74) is 0. The molecule has 0 aliphatic heterocycles. The molecule has 0 saturated heterocycles. The van der Waals surface area contributed by atoms with Gasteiger partial charge in [0.1, 0.15) is 0 Å². The topological polar surface area (TPSA) is 176 Å². The molecular weight excluding hydrogens is 226 g/mol. The maximum absolute atomic E-state index is 8.55. The maximum Gasteiger partial charge on any atom is 3.00 e. The third kappa shape index (κ3) is 539. The van der Waals surface area contributed by atoms with E-state index >= 15 is 0 Å². The van der Waals surface area contributed by atoms with Crippen LogP contribution in [0.3, 0.4) is 0 Å². The molecule has 1 radical (unpaired) electrons. The normalized spacial score (nSPS) is 5.90. The SMILES string of the molecule is O.O=P([O-])([O-])[O-].[Al+3].[Fe+3].[O-2].[OH-]. The molecule has 0 rings (SSSR count). The molecule has 10 heteroatoms. The second kappa shape index (κ2) is 16.6. The number of rotatable bonds is 0. The summed E-state index contributed by atoms with van der Waals surface area (Å²) >= 11 is 0. The predicted octanol–water partition coefficient (Wildman–Crippen LogP) is -4.33. The molecule has 10 heavy (non-hydrogen) atoms. The molecule has 0 aliphatic carbocycles. The van der Waals surface area contributed by atoms with Crippen molar-refractivity contribution in [3.63, 3.8) is 0 Å². The zero-order valence-corrected chi connectivity index (χ0v) is 7.52. The molecule has 0 aliphatic rings. The van der Waals surface area contributed by atoms with Crippen molar-refractivity contribution in [1.82, 2.24) is 0 Å². The standard InChI is InChI=1S/Al.Fe.H3O4P.2H2O.O/c;;1-5(2,3)4;;;/h;;(H3,1,2,3,4);2*1H2;/q2*+3;;;;-2/p-4. The van der Waals surface area contributed by atoms with Gasteiger partial charge in [-0.2, -0.15) is 7.82 Å². The monoisotopic (exact) mass is 229 g/mol. The average molecular weight is 229 g/mol. The van der Waals surface area contributed by atoms with E-state index in [0.717, 1.165) is 0 Å². The molecule has 0 aromatic rings. The molecule has 7 nitrogen and oxygen atoms in total. The summed E-state index contributed by atoms with van der Waals surface area (Å²) in [5.74, 6) is 0. The van der Waals surface area contributed by atoms with Crippen molar-refractivity contribution in [3.05, 3.63) is 0 Å². The van der Waals surface area contributed by atoms with E-state index in [0.29, 0.717) is 0 Å². The van der Waals surface area contributed by atoms with Crippen LogP contribution in [-0.2, 0) is 27.1 Å². The average Bonchev–Trinajstić information content (AvgIpc) is 0.722. The fourth-order valence-corrected chi connectivity index (χ4v) is 0. The van der Waals surface area contributed by atoms with Crippen LogP contribution < -0.4 is 14.7 Å². The summed E-state index contributed by atoms with van der Waals surface area (Å²) in [6, 6.07) is 0. The van der Waals surface area contributed by atoms with Gasteiger partial charge in [0.15, 0.2) is 0 Å². The minimum absolute atomic E-state index is 0. The molecule has 0 atom stereocenters. The van der Waals surface area contributed by atoms with E-state index in [1.165, 1.54) is 0 Å². The molecule has 0 fully saturated rings. The van der Waals surface area contributed by atoms with Gasteiger partial charge in [0.2, 0.25) is 0 Å². The van der Waals surface area contributed by atoms with Crippen molar-refractivity contribution in [2.75, 3.05) is 0 Å². The van der Waals surface area contributed by atoms with Crippen LogP contribution in [0.5, 0.6) is 0 Å². The van der Waals surface area contributed by atoms with Gasteiger partial charge in [-0.1, -0.05) is 0 Å². The first-order chi connectivity index (χ1) is 2.00. The molecule has 0 saturated carbocycles. The fourth-order valence-electron chi connectivity index (χ4n) is 0. The molecule has 3 N–H and O–H groups in total. The van der Waals surface area contributed by atoms with Crippen LogP contribution in [0.4, 0.5) is 0 Å². The Kier molecular flexibility index (Phi) is 72.5. The van der Waals surface area contributed by atoms with Crippen LogP contribution in [-0.4, -0.2) is 28.3 Å². The molecule has 61 valence electrons. The third-order valence-corrected chi connectivity index (χ3v) is 0. The summed E-state index contributed by atoms with van der Waals surface area (Å²) in [7, 11) is -5.39. The summed E-state index contributed by atoms with van der Waals surface area (Å²) in [4.78, 5) is 25.6. The zero-order chi connectivity index (χ0) is 4.50. The summed E-state index contributed by atoms with van der Waals surface area (Å²) in [6.45, 7) is 0. The van der Waals surface area contributed by atoms with Crippen molar-refractivity contribution in [1.29, 1.82) is 0 Å². The van der Waals surface area contributed by atoms with Gasteiger partial charge in [-0.3, -0.25) is 0 Å². The second-order valence-electron chi connectivity index (χ2n) is 0.447. The Hall–Kier alpha value is 1.04. The van der Waals surface area contributed by atoms with Crippen LogP contribution >= 0.6 is 7.82 Å². The number of phosphoric acid groups is 1. The quantitative estimate of drug-likeness (QED) is 0.300. The maximum atomic E-state index is 8.55. The van der Waals surface area contributed by atoms with E-state index in [2.05, 4.69) is 0 Å². The Balaban J connectivity index is -0.00000000800. The Morgan fingerprint density at radius 1 is 1.10 bits per heavy atom. The Labute approximate surface area is 78.2 Å². The minimum Gasteiger partial charge on any atom is -2.00 e. The Morgan fingerprint density at radius 2 is 1.10 bits per heavy atom. The summed E-state index contributed by atoms with van der Waals surface area (Å²) < 4.78 is 8.55. The molecule has 0 spiro atoms. The van der Waals surface area contributed by atoms with E-state index in [-0.39, 0.29) is 50.9 Å². The first-order valence-electron chi connectivity index (χ1n) is 0.730. The van der Waals surface area contributed by atoms with Crippen LogP contribution in [0.15, 0.2) is 0 Å². The van der Waals surface area contributed by atoms with Gasteiger partial charge in [-0.15, -0.1) is 0 Å². The predicted molar refractivity (Wildman–Crippen MR) is 19.6 cm³/mol. The summed E-state index contributed by atoms with van der Waals surface area (Å²) in [5, 5.41) is 0. The molecule has 0 unspecified atom stereocenters. The molecule has 0 heterocycles. The largest absolute Gasteiger partial charge is 3.00 e. The number of hydrogen-bond donors (Lipinski definition) is 0. The van der Waals surface area contributed by atoms with Gasteiger partial charge in [0.05, 0.1) is 0 Å². The van der Waals surface area contributed by atoms with Crippen molar-refractivity contribution in [3.8, 4) is 0 Å². The van der Waals surface area contributed by atoms with E-state index in [9.17, 15) is 0 Å². The molecule has 0 amide bonds. The fraction of sp³-hybridized carbons (Fsp3) is 0. The van der Waals surface area contributed by atoms with Gasteiger partial charge in [0.25, 0.3) is 0 Å². The zero-order valence-electron chi connectivity index (χ0n) is 4.37. The van der Waals surface area contributed by atoms with Crippen LogP contribution in [0.2, 0.25) is 0 Å². The van der Waals surface area contributed by atoms with Gasteiger partial charge in [0, 0.05) is 0 Å². The minimum atomic E-state index is -5.39. The van der Waals surface area contributed by atoms with Crippen LogP contribution in [0, 0.1) is 0 Å². The van der Waals surface area contributed by atoms with Crippen molar-refractivity contribution < 1.29 is 52.7 Å². The van der Waals surface area contributed by atoms with E-state index in [1.807, 2.05) is 0 Å². The second-order valence-corrected chi connectivity index (χ2v) is 1.34. The number of hydrogen-bond acceptors (Lipinski definition) is 5. The van der Waals surface area contributed by atoms with Gasteiger partial charge in [-0.05, 0) is 0 Å². The smallest absolute Gasteiger partial charge is 2.00 e. The van der Waals surface area contributed by atoms with E-state index < -0.39 is 7.82 Å². The third-order valence-electron chi connectivity index (χ3n) is 0.